The first kappa shape index (κ1) is 13.4. The van der Waals surface area contributed by atoms with Gasteiger partial charge >= 0.3 is 5.97 Å². The minimum Gasteiger partial charge on any atom is -0.457 e. The van der Waals surface area contributed by atoms with Crippen molar-refractivity contribution >= 4 is 5.97 Å². The summed E-state index contributed by atoms with van der Waals surface area (Å²) in [5, 5.41) is 0. The van der Waals surface area contributed by atoms with Crippen LogP contribution in [-0.4, -0.2) is 5.97 Å². The predicted octanol–water partition coefficient (Wildman–Crippen LogP) is 3.79. The van der Waals surface area contributed by atoms with E-state index in [0.29, 0.717) is 11.5 Å². The maximum atomic E-state index is 11.9. The summed E-state index contributed by atoms with van der Waals surface area (Å²) < 4.78 is 11.7. The third-order valence-corrected chi connectivity index (χ3v) is 3.82. The van der Waals surface area contributed by atoms with E-state index in [-0.39, 0.29) is 5.97 Å². The smallest absolute Gasteiger partial charge is 0.332 e. The van der Waals surface area contributed by atoms with E-state index in [1.807, 2.05) is 50.3 Å². The summed E-state index contributed by atoms with van der Waals surface area (Å²) >= 11 is 0. The quantitative estimate of drug-likeness (QED) is 0.734. The Morgan fingerprint density at radius 2 is 2.05 bits per heavy atom. The molecule has 1 spiro atoms. The second-order valence-corrected chi connectivity index (χ2v) is 5.00. The van der Waals surface area contributed by atoms with Crippen LogP contribution < -0.4 is 4.74 Å². The van der Waals surface area contributed by atoms with Gasteiger partial charge in [-0.3, -0.25) is 0 Å². The first-order chi connectivity index (χ1) is 10.1. The summed E-state index contributed by atoms with van der Waals surface area (Å²) in [6.45, 7) is 7.55. The Labute approximate surface area is 123 Å². The van der Waals surface area contributed by atoms with E-state index in [4.69, 9.17) is 9.47 Å². The van der Waals surface area contributed by atoms with E-state index in [1.165, 1.54) is 6.08 Å². The molecule has 3 nitrogen and oxygen atoms in total. The zero-order valence-electron chi connectivity index (χ0n) is 12.1. The number of esters is 1. The van der Waals surface area contributed by atoms with Crippen molar-refractivity contribution in [1.82, 2.24) is 0 Å². The van der Waals surface area contributed by atoms with Crippen molar-refractivity contribution in [2.45, 2.75) is 19.4 Å². The molecule has 0 saturated heterocycles. The van der Waals surface area contributed by atoms with Crippen LogP contribution in [0.25, 0.3) is 0 Å². The number of benzene rings is 1. The number of ether oxygens (including phenoxy) is 2. The number of hydrogen-bond donors (Lipinski definition) is 0. The summed E-state index contributed by atoms with van der Waals surface area (Å²) in [6, 6.07) is 7.62. The van der Waals surface area contributed by atoms with E-state index in [9.17, 15) is 4.79 Å². The van der Waals surface area contributed by atoms with Crippen LogP contribution in [0.4, 0.5) is 0 Å². The van der Waals surface area contributed by atoms with Crippen molar-refractivity contribution in [2.75, 3.05) is 0 Å². The first-order valence-electron chi connectivity index (χ1n) is 6.82. The molecule has 0 fully saturated rings. The molecular weight excluding hydrogens is 264 g/mol. The highest BCUT2D eigenvalue weighted by molar-refractivity contribution is 5.89. The number of para-hydroxylation sites is 1. The molecule has 0 N–H and O–H groups in total. The van der Waals surface area contributed by atoms with Gasteiger partial charge < -0.3 is 9.47 Å². The zero-order chi connectivity index (χ0) is 15.0. The average Bonchev–Trinajstić information content (AvgIpc) is 2.77. The van der Waals surface area contributed by atoms with Gasteiger partial charge in [0.2, 0.25) is 0 Å². The molecule has 106 valence electrons. The van der Waals surface area contributed by atoms with E-state index >= 15 is 0 Å². The van der Waals surface area contributed by atoms with Crippen molar-refractivity contribution < 1.29 is 14.3 Å². The van der Waals surface area contributed by atoms with Gasteiger partial charge in [-0.05, 0) is 31.6 Å². The fraction of sp³-hybridized carbons (Fsp3) is 0.167. The molecule has 1 unspecified atom stereocenters. The summed E-state index contributed by atoms with van der Waals surface area (Å²) in [6.07, 6.45) is 6.91. The van der Waals surface area contributed by atoms with Gasteiger partial charge in [0, 0.05) is 17.2 Å². The zero-order valence-corrected chi connectivity index (χ0v) is 12.1. The number of fused-ring (bicyclic) bond motifs is 2. The highest BCUT2D eigenvalue weighted by Crippen LogP contribution is 2.53. The van der Waals surface area contributed by atoms with Gasteiger partial charge in [0.05, 0.1) is 0 Å². The Bertz CT molecular complexity index is 722. The molecule has 2 aliphatic rings. The molecule has 0 amide bonds. The topological polar surface area (TPSA) is 35.5 Å². The number of carbonyl (C=O) groups is 1. The standard InChI is InChI=1S/C18H16O3/c1-4-8-13-15(5-2)20-16-10-7-6-9-14(16)18(13)12(3)11-17(19)21-18/h4-11H,1H2,2-3H3/b13-8?,15-5+. The van der Waals surface area contributed by atoms with Crippen molar-refractivity contribution in [2.24, 2.45) is 0 Å². The highest BCUT2D eigenvalue weighted by Gasteiger charge is 2.51. The van der Waals surface area contributed by atoms with Crippen LogP contribution in [0, 0.1) is 0 Å². The SMILES string of the molecule is C=CC=C1/C(=C\C)Oc2ccccc2C12OC(=O)C=C2C. The van der Waals surface area contributed by atoms with Crippen LogP contribution in [0.3, 0.4) is 0 Å². The number of carbonyl (C=O) groups excluding carboxylic acids is 1. The Morgan fingerprint density at radius 1 is 1.29 bits per heavy atom. The maximum Gasteiger partial charge on any atom is 0.332 e. The fourth-order valence-electron chi connectivity index (χ4n) is 2.94. The highest BCUT2D eigenvalue weighted by atomic mass is 16.6. The Balaban J connectivity index is 2.36. The molecule has 3 rings (SSSR count). The van der Waals surface area contributed by atoms with Crippen LogP contribution in [0.1, 0.15) is 19.4 Å². The number of hydrogen-bond acceptors (Lipinski definition) is 3. The van der Waals surface area contributed by atoms with E-state index < -0.39 is 5.60 Å². The number of rotatable bonds is 1. The van der Waals surface area contributed by atoms with Crippen molar-refractivity contribution in [3.63, 3.8) is 0 Å². The first-order valence-corrected chi connectivity index (χ1v) is 6.82. The van der Waals surface area contributed by atoms with E-state index in [1.54, 1.807) is 6.08 Å². The Hall–Kier alpha value is -2.55. The average molecular weight is 280 g/mol. The lowest BCUT2D eigenvalue weighted by atomic mass is 9.77. The molecule has 1 aromatic carbocycles. The Morgan fingerprint density at radius 3 is 2.67 bits per heavy atom. The predicted molar refractivity (Wildman–Crippen MR) is 80.6 cm³/mol. The van der Waals surface area contributed by atoms with Crippen molar-refractivity contribution in [3.8, 4) is 5.75 Å². The molecule has 3 heteroatoms. The normalized spacial score (nSPS) is 27.3. The molecule has 21 heavy (non-hydrogen) atoms. The lowest BCUT2D eigenvalue weighted by Gasteiger charge is -2.38. The molecule has 2 heterocycles. The van der Waals surface area contributed by atoms with Crippen LogP contribution in [0.5, 0.6) is 5.75 Å². The van der Waals surface area contributed by atoms with Gasteiger partial charge in [0.15, 0.2) is 5.60 Å². The summed E-state index contributed by atoms with van der Waals surface area (Å²) in [5.74, 6) is 1.04. The van der Waals surface area contributed by atoms with Crippen LogP contribution >= 0.6 is 0 Å². The second-order valence-electron chi connectivity index (χ2n) is 5.00. The summed E-state index contributed by atoms with van der Waals surface area (Å²) in [7, 11) is 0. The largest absolute Gasteiger partial charge is 0.457 e. The molecule has 1 aromatic rings. The molecule has 0 aromatic heterocycles. The third-order valence-electron chi connectivity index (χ3n) is 3.82. The minimum absolute atomic E-state index is 0.338. The summed E-state index contributed by atoms with van der Waals surface area (Å²) in [5.41, 5.74) is 1.56. The number of allylic oxidation sites excluding steroid dienone is 3. The van der Waals surface area contributed by atoms with Gasteiger partial charge in [-0.15, -0.1) is 0 Å². The van der Waals surface area contributed by atoms with Crippen molar-refractivity contribution in [3.05, 3.63) is 77.6 Å². The second kappa shape index (κ2) is 4.77. The molecule has 1 atom stereocenters. The lowest BCUT2D eigenvalue weighted by molar-refractivity contribution is -0.144. The van der Waals surface area contributed by atoms with Gasteiger partial charge in [0.25, 0.3) is 0 Å². The lowest BCUT2D eigenvalue weighted by Crippen LogP contribution is -2.36. The molecular formula is C18H16O3. The van der Waals surface area contributed by atoms with E-state index in [2.05, 4.69) is 6.58 Å². The van der Waals surface area contributed by atoms with Gasteiger partial charge in [-0.25, -0.2) is 4.79 Å². The molecule has 0 bridgehead atoms. The van der Waals surface area contributed by atoms with Gasteiger partial charge in [-0.2, -0.15) is 0 Å². The summed E-state index contributed by atoms with van der Waals surface area (Å²) in [4.78, 5) is 11.9. The van der Waals surface area contributed by atoms with Crippen LogP contribution in [0.2, 0.25) is 0 Å². The molecule has 0 radical (unpaired) electrons. The van der Waals surface area contributed by atoms with Gasteiger partial charge in [0.1, 0.15) is 11.5 Å². The van der Waals surface area contributed by atoms with Crippen LogP contribution in [0.15, 0.2) is 72.1 Å². The van der Waals surface area contributed by atoms with E-state index in [0.717, 1.165) is 16.7 Å². The van der Waals surface area contributed by atoms with Crippen LogP contribution in [-0.2, 0) is 15.1 Å². The molecule has 0 saturated carbocycles. The minimum atomic E-state index is -0.915. The molecule has 2 aliphatic heterocycles. The maximum absolute atomic E-state index is 11.9. The van der Waals surface area contributed by atoms with Gasteiger partial charge in [-0.1, -0.05) is 36.9 Å². The monoisotopic (exact) mass is 280 g/mol. The third kappa shape index (κ3) is 1.77. The van der Waals surface area contributed by atoms with Crippen molar-refractivity contribution in [1.29, 1.82) is 0 Å². The Kier molecular flexibility index (Phi) is 3.05. The fourth-order valence-corrected chi connectivity index (χ4v) is 2.94. The molecule has 0 aliphatic carbocycles.